The number of rotatable bonds is 4. The molecule has 6 nitrogen and oxygen atoms in total. The highest BCUT2D eigenvalue weighted by Gasteiger charge is 2.32. The maximum absolute atomic E-state index is 9.64. The summed E-state index contributed by atoms with van der Waals surface area (Å²) in [5.41, 5.74) is 0.627. The molecule has 1 fully saturated rings. The SMILES string of the molecule is CNc1ncnc(NC2(CO)CCOCC2)c1C. The van der Waals surface area contributed by atoms with Crippen molar-refractivity contribution in [3.8, 4) is 0 Å². The van der Waals surface area contributed by atoms with E-state index in [1.54, 1.807) is 0 Å². The van der Waals surface area contributed by atoms with E-state index in [9.17, 15) is 5.11 Å². The van der Waals surface area contributed by atoms with Gasteiger partial charge in [-0.25, -0.2) is 9.97 Å². The molecule has 0 aliphatic carbocycles. The fourth-order valence-corrected chi connectivity index (χ4v) is 2.16. The van der Waals surface area contributed by atoms with Crippen LogP contribution in [0.15, 0.2) is 6.33 Å². The molecule has 0 amide bonds. The van der Waals surface area contributed by atoms with E-state index in [1.165, 1.54) is 6.33 Å². The van der Waals surface area contributed by atoms with Crippen LogP contribution in [-0.2, 0) is 4.74 Å². The molecule has 1 aromatic heterocycles. The van der Waals surface area contributed by atoms with E-state index in [0.29, 0.717) is 13.2 Å². The standard InChI is InChI=1S/C12H20N4O2/c1-9-10(13-2)14-8-15-11(9)16-12(7-17)3-5-18-6-4-12/h8,17H,3-7H2,1-2H3,(H2,13,14,15,16). The second-order valence-electron chi connectivity index (χ2n) is 4.62. The van der Waals surface area contributed by atoms with Crippen molar-refractivity contribution in [2.45, 2.75) is 25.3 Å². The zero-order valence-electron chi connectivity index (χ0n) is 10.9. The second-order valence-corrected chi connectivity index (χ2v) is 4.62. The normalized spacial score (nSPS) is 18.4. The highest BCUT2D eigenvalue weighted by molar-refractivity contribution is 5.57. The number of nitrogens with zero attached hydrogens (tertiary/aromatic N) is 2. The predicted octanol–water partition coefficient (Wildman–Crippen LogP) is 0.780. The van der Waals surface area contributed by atoms with Gasteiger partial charge in [0.25, 0.3) is 0 Å². The van der Waals surface area contributed by atoms with Gasteiger partial charge in [0.2, 0.25) is 0 Å². The third kappa shape index (κ3) is 2.54. The Morgan fingerprint density at radius 1 is 1.33 bits per heavy atom. The Labute approximate surface area is 107 Å². The van der Waals surface area contributed by atoms with Gasteiger partial charge in [0.05, 0.1) is 12.1 Å². The van der Waals surface area contributed by atoms with Gasteiger partial charge in [0.15, 0.2) is 0 Å². The van der Waals surface area contributed by atoms with E-state index in [-0.39, 0.29) is 12.1 Å². The minimum atomic E-state index is -0.331. The first-order valence-corrected chi connectivity index (χ1v) is 6.17. The van der Waals surface area contributed by atoms with Crippen molar-refractivity contribution in [2.75, 3.05) is 37.5 Å². The second kappa shape index (κ2) is 5.49. The molecular formula is C12H20N4O2. The average Bonchev–Trinajstić information content (AvgIpc) is 2.42. The van der Waals surface area contributed by atoms with E-state index in [2.05, 4.69) is 20.6 Å². The summed E-state index contributed by atoms with van der Waals surface area (Å²) in [6.07, 6.45) is 3.08. The largest absolute Gasteiger partial charge is 0.394 e. The van der Waals surface area contributed by atoms with Gasteiger partial charge in [0.1, 0.15) is 18.0 Å². The Balaban J connectivity index is 2.21. The molecule has 18 heavy (non-hydrogen) atoms. The first kappa shape index (κ1) is 13.0. The Morgan fingerprint density at radius 2 is 2.00 bits per heavy atom. The maximum Gasteiger partial charge on any atom is 0.134 e. The first-order valence-electron chi connectivity index (χ1n) is 6.17. The van der Waals surface area contributed by atoms with Crippen LogP contribution in [-0.4, -0.2) is 47.5 Å². The van der Waals surface area contributed by atoms with Crippen molar-refractivity contribution in [1.82, 2.24) is 9.97 Å². The number of anilines is 2. The van der Waals surface area contributed by atoms with Gasteiger partial charge in [-0.1, -0.05) is 0 Å². The molecular weight excluding hydrogens is 232 g/mol. The van der Waals surface area contributed by atoms with E-state index < -0.39 is 0 Å². The number of aliphatic hydroxyl groups excluding tert-OH is 1. The molecule has 0 spiro atoms. The maximum atomic E-state index is 9.64. The van der Waals surface area contributed by atoms with Crippen LogP contribution >= 0.6 is 0 Å². The Hall–Kier alpha value is -1.40. The summed E-state index contributed by atoms with van der Waals surface area (Å²) in [6, 6.07) is 0. The number of ether oxygens (including phenoxy) is 1. The summed E-state index contributed by atoms with van der Waals surface area (Å²) in [5, 5.41) is 16.0. The molecule has 1 aromatic rings. The summed E-state index contributed by atoms with van der Waals surface area (Å²) in [6.45, 7) is 3.36. The predicted molar refractivity (Wildman–Crippen MR) is 69.8 cm³/mol. The number of aliphatic hydroxyl groups is 1. The van der Waals surface area contributed by atoms with Crippen LogP contribution in [0, 0.1) is 6.92 Å². The van der Waals surface area contributed by atoms with Crippen molar-refractivity contribution < 1.29 is 9.84 Å². The average molecular weight is 252 g/mol. The smallest absolute Gasteiger partial charge is 0.134 e. The van der Waals surface area contributed by atoms with E-state index >= 15 is 0 Å². The quantitative estimate of drug-likeness (QED) is 0.735. The molecule has 0 unspecified atom stereocenters. The Bertz CT molecular complexity index is 405. The number of hydrogen-bond acceptors (Lipinski definition) is 6. The van der Waals surface area contributed by atoms with E-state index in [4.69, 9.17) is 4.74 Å². The molecule has 0 saturated carbocycles. The molecule has 0 radical (unpaired) electrons. The van der Waals surface area contributed by atoms with Crippen LogP contribution in [0.2, 0.25) is 0 Å². The van der Waals surface area contributed by atoms with Crippen molar-refractivity contribution in [1.29, 1.82) is 0 Å². The zero-order valence-corrected chi connectivity index (χ0v) is 10.9. The molecule has 100 valence electrons. The minimum absolute atomic E-state index is 0.0781. The van der Waals surface area contributed by atoms with Gasteiger partial charge in [-0.2, -0.15) is 0 Å². The highest BCUT2D eigenvalue weighted by atomic mass is 16.5. The van der Waals surface area contributed by atoms with E-state index in [0.717, 1.165) is 30.0 Å². The van der Waals surface area contributed by atoms with Crippen LogP contribution in [0.4, 0.5) is 11.6 Å². The van der Waals surface area contributed by atoms with Crippen LogP contribution in [0.1, 0.15) is 18.4 Å². The summed E-state index contributed by atoms with van der Waals surface area (Å²) in [7, 11) is 1.83. The summed E-state index contributed by atoms with van der Waals surface area (Å²) in [5.74, 6) is 1.57. The molecule has 1 aliphatic rings. The number of hydrogen-bond donors (Lipinski definition) is 3. The molecule has 3 N–H and O–H groups in total. The van der Waals surface area contributed by atoms with Crippen molar-refractivity contribution in [3.63, 3.8) is 0 Å². The number of nitrogens with one attached hydrogen (secondary N) is 2. The summed E-state index contributed by atoms with van der Waals surface area (Å²) < 4.78 is 5.34. The van der Waals surface area contributed by atoms with Gasteiger partial charge < -0.3 is 20.5 Å². The van der Waals surface area contributed by atoms with Gasteiger partial charge in [-0.05, 0) is 19.8 Å². The third-order valence-electron chi connectivity index (χ3n) is 3.46. The fraction of sp³-hybridized carbons (Fsp3) is 0.667. The van der Waals surface area contributed by atoms with Crippen molar-refractivity contribution in [3.05, 3.63) is 11.9 Å². The van der Waals surface area contributed by atoms with Gasteiger partial charge in [-0.3, -0.25) is 0 Å². The Morgan fingerprint density at radius 3 is 2.61 bits per heavy atom. The fourth-order valence-electron chi connectivity index (χ4n) is 2.16. The molecule has 0 bridgehead atoms. The molecule has 6 heteroatoms. The van der Waals surface area contributed by atoms with Gasteiger partial charge >= 0.3 is 0 Å². The molecule has 1 saturated heterocycles. The molecule has 1 aliphatic heterocycles. The first-order chi connectivity index (χ1) is 8.71. The van der Waals surface area contributed by atoms with Crippen LogP contribution in [0.3, 0.4) is 0 Å². The molecule has 0 atom stereocenters. The lowest BCUT2D eigenvalue weighted by atomic mass is 9.91. The lowest BCUT2D eigenvalue weighted by Gasteiger charge is -2.37. The number of aromatic nitrogens is 2. The summed E-state index contributed by atoms with van der Waals surface area (Å²) >= 11 is 0. The van der Waals surface area contributed by atoms with Crippen LogP contribution in [0.25, 0.3) is 0 Å². The molecule has 2 heterocycles. The minimum Gasteiger partial charge on any atom is -0.394 e. The van der Waals surface area contributed by atoms with Gasteiger partial charge in [-0.15, -0.1) is 0 Å². The van der Waals surface area contributed by atoms with E-state index in [1.807, 2.05) is 14.0 Å². The molecule has 2 rings (SSSR count). The van der Waals surface area contributed by atoms with Crippen molar-refractivity contribution >= 4 is 11.6 Å². The third-order valence-corrected chi connectivity index (χ3v) is 3.46. The molecule has 0 aromatic carbocycles. The van der Waals surface area contributed by atoms with Crippen LogP contribution in [0.5, 0.6) is 0 Å². The highest BCUT2D eigenvalue weighted by Crippen LogP contribution is 2.27. The Kier molecular flexibility index (Phi) is 3.98. The summed E-state index contributed by atoms with van der Waals surface area (Å²) in [4.78, 5) is 8.41. The zero-order chi connectivity index (χ0) is 13.0. The lowest BCUT2D eigenvalue weighted by molar-refractivity contribution is 0.0378. The van der Waals surface area contributed by atoms with Crippen LogP contribution < -0.4 is 10.6 Å². The lowest BCUT2D eigenvalue weighted by Crippen LogP contribution is -2.47. The van der Waals surface area contributed by atoms with Gasteiger partial charge in [0, 0.05) is 25.8 Å². The van der Waals surface area contributed by atoms with Crippen molar-refractivity contribution in [2.24, 2.45) is 0 Å². The monoisotopic (exact) mass is 252 g/mol. The topological polar surface area (TPSA) is 79.3 Å².